The molecule has 0 aliphatic heterocycles. The number of hydrogen-bond donors (Lipinski definition) is 0. The van der Waals surface area contributed by atoms with Gasteiger partial charge in [0.05, 0.1) is 0 Å². The highest BCUT2D eigenvalue weighted by molar-refractivity contribution is 9.10. The Morgan fingerprint density at radius 2 is 1.83 bits per heavy atom. The van der Waals surface area contributed by atoms with Gasteiger partial charge < -0.3 is 0 Å². The molecule has 12 heavy (non-hydrogen) atoms. The number of halogens is 1. The minimum absolute atomic E-state index is 1.01. The van der Waals surface area contributed by atoms with Crippen molar-refractivity contribution in [2.24, 2.45) is 0 Å². The molecule has 1 aromatic rings. The van der Waals surface area contributed by atoms with Crippen LogP contribution in [-0.4, -0.2) is 0 Å². The second kappa shape index (κ2) is 3.97. The van der Waals surface area contributed by atoms with Gasteiger partial charge in [-0.2, -0.15) is 5.26 Å². The molecule has 0 atom stereocenters. The number of aryl methyl sites for hydroxylation is 2. The van der Waals surface area contributed by atoms with Gasteiger partial charge in [-0.15, -0.1) is 0 Å². The molecule has 0 aromatic heterocycles. The molecular formula is C9H8BrNS. The van der Waals surface area contributed by atoms with E-state index in [0.717, 1.165) is 9.37 Å². The van der Waals surface area contributed by atoms with Gasteiger partial charge in [0.15, 0.2) is 0 Å². The fraction of sp³-hybridized carbons (Fsp3) is 0.222. The summed E-state index contributed by atoms with van der Waals surface area (Å²) in [5, 5.41) is 10.5. The Labute approximate surface area is 84.9 Å². The Morgan fingerprint density at radius 3 is 2.25 bits per heavy atom. The molecule has 0 radical (unpaired) electrons. The van der Waals surface area contributed by atoms with Crippen LogP contribution in [-0.2, 0) is 0 Å². The second-order valence-corrected chi connectivity index (χ2v) is 4.22. The molecule has 1 nitrogen and oxygen atoms in total. The first kappa shape index (κ1) is 9.63. The monoisotopic (exact) mass is 241 g/mol. The summed E-state index contributed by atoms with van der Waals surface area (Å²) in [6.45, 7) is 4.05. The summed E-state index contributed by atoms with van der Waals surface area (Å²) in [6, 6.07) is 4.01. The van der Waals surface area contributed by atoms with Crippen LogP contribution in [0.5, 0.6) is 0 Å². The number of rotatable bonds is 1. The normalized spacial score (nSPS) is 9.50. The van der Waals surface area contributed by atoms with Crippen LogP contribution in [0.15, 0.2) is 21.5 Å². The van der Waals surface area contributed by atoms with Crippen LogP contribution in [0.1, 0.15) is 11.1 Å². The van der Waals surface area contributed by atoms with Crippen molar-refractivity contribution in [1.29, 1.82) is 5.26 Å². The Balaban J connectivity index is 3.14. The van der Waals surface area contributed by atoms with Crippen LogP contribution in [0.3, 0.4) is 0 Å². The van der Waals surface area contributed by atoms with Crippen molar-refractivity contribution in [2.45, 2.75) is 18.7 Å². The van der Waals surface area contributed by atoms with E-state index in [4.69, 9.17) is 5.26 Å². The van der Waals surface area contributed by atoms with E-state index in [1.807, 2.05) is 26.0 Å². The van der Waals surface area contributed by atoms with Crippen LogP contribution < -0.4 is 0 Å². The van der Waals surface area contributed by atoms with Crippen molar-refractivity contribution in [3.63, 3.8) is 0 Å². The summed E-state index contributed by atoms with van der Waals surface area (Å²) in [7, 11) is 0. The third kappa shape index (κ3) is 2.02. The number of nitrogens with zero attached hydrogens (tertiary/aromatic N) is 1. The van der Waals surface area contributed by atoms with Crippen LogP contribution in [0.4, 0.5) is 0 Å². The smallest absolute Gasteiger partial charge is 0.138 e. The molecule has 1 aromatic carbocycles. The molecule has 0 saturated heterocycles. The van der Waals surface area contributed by atoms with Gasteiger partial charge in [-0.25, -0.2) is 0 Å². The van der Waals surface area contributed by atoms with Crippen molar-refractivity contribution >= 4 is 27.7 Å². The van der Waals surface area contributed by atoms with Crippen LogP contribution >= 0.6 is 27.7 Å². The average Bonchev–Trinajstić information content (AvgIpc) is 2.01. The van der Waals surface area contributed by atoms with Crippen molar-refractivity contribution < 1.29 is 0 Å². The molecule has 0 saturated carbocycles. The lowest BCUT2D eigenvalue weighted by molar-refractivity contribution is 1.27. The number of hydrogen-bond acceptors (Lipinski definition) is 2. The zero-order valence-electron chi connectivity index (χ0n) is 6.89. The first-order valence-electron chi connectivity index (χ1n) is 3.48. The van der Waals surface area contributed by atoms with E-state index in [1.165, 1.54) is 22.9 Å². The Hall–Kier alpha value is -0.460. The summed E-state index contributed by atoms with van der Waals surface area (Å²) >= 11 is 4.67. The Morgan fingerprint density at radius 1 is 1.33 bits per heavy atom. The zero-order valence-corrected chi connectivity index (χ0v) is 9.29. The van der Waals surface area contributed by atoms with Crippen molar-refractivity contribution in [2.75, 3.05) is 0 Å². The maximum Gasteiger partial charge on any atom is 0.138 e. The number of nitriles is 1. The lowest BCUT2D eigenvalue weighted by Gasteiger charge is -2.03. The molecule has 62 valence electrons. The zero-order chi connectivity index (χ0) is 9.14. The summed E-state index contributed by atoms with van der Waals surface area (Å²) in [6.07, 6.45) is 0. The lowest BCUT2D eigenvalue weighted by Crippen LogP contribution is -1.82. The molecule has 0 amide bonds. The molecule has 3 heteroatoms. The van der Waals surface area contributed by atoms with E-state index in [-0.39, 0.29) is 0 Å². The van der Waals surface area contributed by atoms with E-state index in [0.29, 0.717) is 0 Å². The molecule has 0 aliphatic rings. The molecule has 0 heterocycles. The van der Waals surface area contributed by atoms with E-state index < -0.39 is 0 Å². The molecule has 0 spiro atoms. The maximum atomic E-state index is 8.47. The molecule has 0 N–H and O–H groups in total. The maximum absolute atomic E-state index is 8.47. The van der Waals surface area contributed by atoms with Gasteiger partial charge in [-0.05, 0) is 48.9 Å². The van der Waals surface area contributed by atoms with E-state index in [2.05, 4.69) is 21.3 Å². The van der Waals surface area contributed by atoms with Crippen molar-refractivity contribution in [3.8, 4) is 5.40 Å². The fourth-order valence-electron chi connectivity index (χ4n) is 1.02. The number of benzene rings is 1. The first-order chi connectivity index (χ1) is 5.65. The van der Waals surface area contributed by atoms with Gasteiger partial charge in [0.25, 0.3) is 0 Å². The molecule has 0 aliphatic carbocycles. The highest BCUT2D eigenvalue weighted by atomic mass is 79.9. The lowest BCUT2D eigenvalue weighted by atomic mass is 10.2. The summed E-state index contributed by atoms with van der Waals surface area (Å²) < 4.78 is 1.13. The van der Waals surface area contributed by atoms with Gasteiger partial charge in [-0.1, -0.05) is 15.9 Å². The Kier molecular flexibility index (Phi) is 3.19. The first-order valence-corrected chi connectivity index (χ1v) is 5.09. The summed E-state index contributed by atoms with van der Waals surface area (Å²) in [5.74, 6) is 0. The van der Waals surface area contributed by atoms with Crippen molar-refractivity contribution in [3.05, 3.63) is 27.7 Å². The van der Waals surface area contributed by atoms with Crippen LogP contribution in [0, 0.1) is 24.5 Å². The minimum atomic E-state index is 1.01. The second-order valence-electron chi connectivity index (χ2n) is 2.56. The van der Waals surface area contributed by atoms with Gasteiger partial charge in [-0.3, -0.25) is 0 Å². The average molecular weight is 242 g/mol. The topological polar surface area (TPSA) is 23.8 Å². The van der Waals surface area contributed by atoms with Gasteiger partial charge in [0, 0.05) is 9.37 Å². The van der Waals surface area contributed by atoms with Crippen LogP contribution in [0.25, 0.3) is 0 Å². The van der Waals surface area contributed by atoms with E-state index in [9.17, 15) is 0 Å². The summed E-state index contributed by atoms with van der Waals surface area (Å²) in [4.78, 5) is 1.01. The molecular weight excluding hydrogens is 234 g/mol. The quantitative estimate of drug-likeness (QED) is 0.554. The SMILES string of the molecule is Cc1cc(SC#N)cc(C)c1Br. The van der Waals surface area contributed by atoms with E-state index >= 15 is 0 Å². The van der Waals surface area contributed by atoms with Crippen LogP contribution in [0.2, 0.25) is 0 Å². The third-order valence-corrected chi connectivity index (χ3v) is 3.39. The fourth-order valence-corrected chi connectivity index (χ4v) is 1.82. The Bertz CT molecular complexity index is 318. The predicted octanol–water partition coefficient (Wildman–Crippen LogP) is 3.64. The van der Waals surface area contributed by atoms with Gasteiger partial charge in [0.2, 0.25) is 0 Å². The largest absolute Gasteiger partial charge is 0.185 e. The molecule has 0 bridgehead atoms. The highest BCUT2D eigenvalue weighted by Gasteiger charge is 2.01. The predicted molar refractivity (Wildman–Crippen MR) is 55.1 cm³/mol. The van der Waals surface area contributed by atoms with Gasteiger partial charge >= 0.3 is 0 Å². The molecule has 0 unspecified atom stereocenters. The molecule has 0 fully saturated rings. The number of thiocyanates is 1. The highest BCUT2D eigenvalue weighted by Crippen LogP contribution is 2.27. The number of thioether (sulfide) groups is 1. The third-order valence-electron chi connectivity index (χ3n) is 1.57. The molecule has 1 rings (SSSR count). The standard InChI is InChI=1S/C9H8BrNS/c1-6-3-8(12-5-11)4-7(2)9(6)10/h3-4H,1-2H3. The van der Waals surface area contributed by atoms with Gasteiger partial charge in [0.1, 0.15) is 5.40 Å². The minimum Gasteiger partial charge on any atom is -0.185 e. The van der Waals surface area contributed by atoms with E-state index in [1.54, 1.807) is 0 Å². The summed E-state index contributed by atoms with van der Waals surface area (Å²) in [5.41, 5.74) is 2.35. The van der Waals surface area contributed by atoms with Crippen molar-refractivity contribution in [1.82, 2.24) is 0 Å².